The zero-order valence-corrected chi connectivity index (χ0v) is 9.45. The number of hydrogen-bond donors (Lipinski definition) is 0. The molecule has 0 spiro atoms. The van der Waals surface area contributed by atoms with Gasteiger partial charge in [0.25, 0.3) is 0 Å². The van der Waals surface area contributed by atoms with Gasteiger partial charge in [-0.05, 0) is 11.1 Å². The zero-order chi connectivity index (χ0) is 10.7. The molecule has 2 bridgehead atoms. The summed E-state index contributed by atoms with van der Waals surface area (Å²) in [5.41, 5.74) is 1.76. The van der Waals surface area contributed by atoms with Crippen molar-refractivity contribution in [3.8, 4) is 0 Å². The SMILES string of the molecule is O=[P+]1OCc2ccc(cc2)CO[P+](=O)O1. The minimum Gasteiger partial charge on any atom is -0.111 e. The van der Waals surface area contributed by atoms with Gasteiger partial charge in [-0.15, -0.1) is 9.05 Å². The average Bonchev–Trinajstić information content (AvgIpc) is 2.28. The Hall–Kier alpha value is -0.700. The summed E-state index contributed by atoms with van der Waals surface area (Å²) in [5, 5.41) is 0. The van der Waals surface area contributed by atoms with E-state index >= 15 is 0 Å². The van der Waals surface area contributed by atoms with Gasteiger partial charge >= 0.3 is 16.5 Å². The molecule has 7 heteroatoms. The number of hydrogen-bond acceptors (Lipinski definition) is 5. The molecule has 0 saturated heterocycles. The molecule has 1 aromatic rings. The molecule has 78 valence electrons. The standard InChI is InChI=1S/C8H8O5P2/c9-14-11-5-7-1-2-8(4-3-7)6-12-15(10)13-14/h1-4H,5-6H2/q+2. The molecular formula is C8H8O5P2+2. The third kappa shape index (κ3) is 3.13. The van der Waals surface area contributed by atoms with Crippen molar-refractivity contribution in [2.45, 2.75) is 13.2 Å². The minimum absolute atomic E-state index is 0.165. The molecule has 5 nitrogen and oxygen atoms in total. The van der Waals surface area contributed by atoms with Crippen LogP contribution < -0.4 is 0 Å². The van der Waals surface area contributed by atoms with Gasteiger partial charge in [-0.1, -0.05) is 24.3 Å². The van der Waals surface area contributed by atoms with Crippen LogP contribution in [0.25, 0.3) is 0 Å². The summed E-state index contributed by atoms with van der Waals surface area (Å²) < 4.78 is 36.3. The van der Waals surface area contributed by atoms with Crippen LogP contribution in [0.4, 0.5) is 0 Å². The lowest BCUT2D eigenvalue weighted by atomic mass is 10.1. The molecule has 0 saturated carbocycles. The lowest BCUT2D eigenvalue weighted by Crippen LogP contribution is -1.87. The van der Waals surface area contributed by atoms with E-state index in [2.05, 4.69) is 4.31 Å². The number of fused-ring (bicyclic) bond motifs is 8. The zero-order valence-electron chi connectivity index (χ0n) is 7.66. The second-order valence-corrected chi connectivity index (χ2v) is 4.96. The molecular weight excluding hydrogens is 238 g/mol. The molecule has 0 fully saturated rings. The molecule has 0 N–H and O–H groups in total. The monoisotopic (exact) mass is 246 g/mol. The van der Waals surface area contributed by atoms with Gasteiger partial charge in [-0.3, -0.25) is 0 Å². The first-order valence-electron chi connectivity index (χ1n) is 4.20. The fourth-order valence-corrected chi connectivity index (χ4v) is 2.41. The highest BCUT2D eigenvalue weighted by Crippen LogP contribution is 2.41. The van der Waals surface area contributed by atoms with Crippen LogP contribution in [-0.2, 0) is 35.7 Å². The lowest BCUT2D eigenvalue weighted by molar-refractivity contribution is 0.246. The van der Waals surface area contributed by atoms with Crippen molar-refractivity contribution in [3.05, 3.63) is 35.4 Å². The Labute approximate surface area is 88.3 Å². The Morgan fingerprint density at radius 1 is 0.867 bits per heavy atom. The highest BCUT2D eigenvalue weighted by Gasteiger charge is 2.40. The Balaban J connectivity index is 2.19. The van der Waals surface area contributed by atoms with E-state index in [0.717, 1.165) is 11.1 Å². The van der Waals surface area contributed by atoms with Crippen LogP contribution in [0, 0.1) is 0 Å². The van der Waals surface area contributed by atoms with E-state index in [9.17, 15) is 9.13 Å². The van der Waals surface area contributed by atoms with Crippen molar-refractivity contribution in [2.24, 2.45) is 0 Å². The molecule has 1 aromatic carbocycles. The van der Waals surface area contributed by atoms with Gasteiger partial charge in [-0.25, -0.2) is 0 Å². The first-order chi connectivity index (χ1) is 7.24. The van der Waals surface area contributed by atoms with E-state index in [4.69, 9.17) is 9.05 Å². The van der Waals surface area contributed by atoms with E-state index in [1.807, 2.05) is 24.3 Å². The maximum Gasteiger partial charge on any atom is 0.748 e. The fourth-order valence-electron chi connectivity index (χ4n) is 1.09. The summed E-state index contributed by atoms with van der Waals surface area (Å²) in [6.45, 7) is 0.331. The third-order valence-electron chi connectivity index (χ3n) is 1.83. The van der Waals surface area contributed by atoms with Gasteiger partial charge in [0, 0.05) is 9.13 Å². The van der Waals surface area contributed by atoms with Crippen molar-refractivity contribution in [2.75, 3.05) is 0 Å². The maximum absolute atomic E-state index is 11.1. The van der Waals surface area contributed by atoms with Crippen LogP contribution in [0.2, 0.25) is 0 Å². The molecule has 3 rings (SSSR count). The van der Waals surface area contributed by atoms with Crippen LogP contribution in [-0.4, -0.2) is 0 Å². The quantitative estimate of drug-likeness (QED) is 0.658. The smallest absolute Gasteiger partial charge is 0.111 e. The summed E-state index contributed by atoms with van der Waals surface area (Å²) in [4.78, 5) is 0. The Morgan fingerprint density at radius 3 is 1.67 bits per heavy atom. The van der Waals surface area contributed by atoms with Crippen molar-refractivity contribution >= 4 is 16.5 Å². The summed E-state index contributed by atoms with van der Waals surface area (Å²) in [5.74, 6) is 0. The molecule has 2 unspecified atom stereocenters. The van der Waals surface area contributed by atoms with Gasteiger partial charge in [-0.2, -0.15) is 0 Å². The normalized spacial score (nSPS) is 22.4. The van der Waals surface area contributed by atoms with Crippen LogP contribution in [0.15, 0.2) is 24.3 Å². The third-order valence-corrected chi connectivity index (χ3v) is 3.58. The topological polar surface area (TPSA) is 61.8 Å². The highest BCUT2D eigenvalue weighted by molar-refractivity contribution is 7.47. The largest absolute Gasteiger partial charge is 0.748 e. The molecule has 0 amide bonds. The molecule has 0 radical (unpaired) electrons. The van der Waals surface area contributed by atoms with E-state index in [0.29, 0.717) is 0 Å². The summed E-state index contributed by atoms with van der Waals surface area (Å²) in [7, 11) is -4.77. The van der Waals surface area contributed by atoms with Gasteiger partial charge in [0.1, 0.15) is 13.2 Å². The first kappa shape index (κ1) is 10.8. The van der Waals surface area contributed by atoms with Crippen molar-refractivity contribution in [1.29, 1.82) is 0 Å². The van der Waals surface area contributed by atoms with Crippen LogP contribution >= 0.6 is 16.5 Å². The van der Waals surface area contributed by atoms with Gasteiger partial charge in [0.2, 0.25) is 0 Å². The Kier molecular flexibility index (Phi) is 3.52. The van der Waals surface area contributed by atoms with Gasteiger partial charge in [0.15, 0.2) is 4.31 Å². The Morgan fingerprint density at radius 2 is 1.27 bits per heavy atom. The highest BCUT2D eigenvalue weighted by atomic mass is 31.2. The minimum atomic E-state index is -2.39. The number of rotatable bonds is 0. The number of benzene rings is 1. The fraction of sp³-hybridized carbons (Fsp3) is 0.250. The molecule has 2 heterocycles. The molecule has 0 aromatic heterocycles. The van der Waals surface area contributed by atoms with Crippen LogP contribution in [0.3, 0.4) is 0 Å². The van der Waals surface area contributed by atoms with E-state index in [1.165, 1.54) is 0 Å². The predicted octanol–water partition coefficient (Wildman–Crippen LogP) is 3.06. The molecule has 2 atom stereocenters. The second kappa shape index (κ2) is 4.88. The first-order valence-corrected chi connectivity index (χ1v) is 6.39. The van der Waals surface area contributed by atoms with E-state index < -0.39 is 16.5 Å². The molecule has 2 aliphatic heterocycles. The lowest BCUT2D eigenvalue weighted by Gasteiger charge is -1.96. The maximum atomic E-state index is 11.1. The van der Waals surface area contributed by atoms with Gasteiger partial charge in [0.05, 0.1) is 0 Å². The Bertz CT molecular complexity index is 352. The second-order valence-electron chi connectivity index (χ2n) is 2.89. The van der Waals surface area contributed by atoms with Crippen LogP contribution in [0.1, 0.15) is 11.1 Å². The van der Waals surface area contributed by atoms with E-state index in [-0.39, 0.29) is 13.2 Å². The summed E-state index contributed by atoms with van der Waals surface area (Å²) in [6.07, 6.45) is 0. The molecule has 0 aliphatic carbocycles. The van der Waals surface area contributed by atoms with Crippen molar-refractivity contribution in [1.82, 2.24) is 0 Å². The molecule has 2 aliphatic rings. The van der Waals surface area contributed by atoms with Gasteiger partial charge < -0.3 is 0 Å². The average molecular weight is 246 g/mol. The summed E-state index contributed by atoms with van der Waals surface area (Å²) in [6, 6.07) is 7.33. The van der Waals surface area contributed by atoms with Crippen molar-refractivity contribution < 1.29 is 22.5 Å². The van der Waals surface area contributed by atoms with Crippen molar-refractivity contribution in [3.63, 3.8) is 0 Å². The van der Waals surface area contributed by atoms with Crippen LogP contribution in [0.5, 0.6) is 0 Å². The molecule has 15 heavy (non-hydrogen) atoms. The predicted molar refractivity (Wildman–Crippen MR) is 52.3 cm³/mol. The summed E-state index contributed by atoms with van der Waals surface area (Å²) >= 11 is 0. The van der Waals surface area contributed by atoms with E-state index in [1.54, 1.807) is 0 Å².